The van der Waals surface area contributed by atoms with Gasteiger partial charge in [-0.05, 0) is 156 Å². The largest absolute Gasteiger partial charge is 0.460 e. The highest BCUT2D eigenvalue weighted by Crippen LogP contribution is 2.33. The van der Waals surface area contributed by atoms with E-state index in [-0.39, 0.29) is 23.8 Å². The van der Waals surface area contributed by atoms with Gasteiger partial charge >= 0.3 is 30.2 Å². The number of nitrogens with zero attached hydrogens (tertiary/aromatic N) is 2. The minimum atomic E-state index is -0.687. The number of carbonyl (C=O) groups excluding carboxylic acids is 5. The van der Waals surface area contributed by atoms with Crippen molar-refractivity contribution in [1.29, 1.82) is 0 Å². The Morgan fingerprint density at radius 1 is 0.569 bits per heavy atom. The van der Waals surface area contributed by atoms with Crippen LogP contribution in [0.4, 0.5) is 25.8 Å². The molecule has 2 aromatic rings. The molecule has 13 nitrogen and oxygen atoms in total. The smallest absolute Gasteiger partial charge is 0.410 e. The molecular weight excluding hydrogens is 741 g/mol. The summed E-state index contributed by atoms with van der Waals surface area (Å²) >= 11 is 0. The molecule has 2 aliphatic heterocycles. The molecule has 0 radical (unpaired) electrons. The van der Waals surface area contributed by atoms with Crippen molar-refractivity contribution in [3.8, 4) is 0 Å². The van der Waals surface area contributed by atoms with Crippen LogP contribution in [-0.4, -0.2) is 88.5 Å². The molecule has 320 valence electrons. The Kier molecular flexibility index (Phi) is 14.6. The minimum absolute atomic E-state index is 0.137. The van der Waals surface area contributed by atoms with Gasteiger partial charge in [0, 0.05) is 37.6 Å². The van der Waals surface area contributed by atoms with Crippen LogP contribution in [0.5, 0.6) is 0 Å². The van der Waals surface area contributed by atoms with Crippen LogP contribution in [0.15, 0.2) is 48.5 Å². The van der Waals surface area contributed by atoms with Crippen molar-refractivity contribution < 1.29 is 42.9 Å². The Balaban J connectivity index is 1.44. The van der Waals surface area contributed by atoms with E-state index in [1.165, 1.54) is 0 Å². The van der Waals surface area contributed by atoms with Gasteiger partial charge in [0.05, 0.1) is 11.8 Å². The van der Waals surface area contributed by atoms with Crippen LogP contribution in [-0.2, 0) is 41.4 Å². The molecule has 0 saturated carbocycles. The lowest BCUT2D eigenvalue weighted by molar-refractivity contribution is -0.163. The number of nitrogens with one attached hydrogen (secondary N) is 2. The van der Waals surface area contributed by atoms with E-state index in [1.807, 2.05) is 119 Å². The summed E-state index contributed by atoms with van der Waals surface area (Å²) in [6.45, 7) is 23.7. The third-order valence-electron chi connectivity index (χ3n) is 9.59. The fraction of sp³-hybridized carbons (Fsp3) is 0.622. The van der Waals surface area contributed by atoms with Gasteiger partial charge in [-0.15, -0.1) is 0 Å². The average Bonchev–Trinajstić information content (AvgIpc) is 3.74. The zero-order valence-electron chi connectivity index (χ0n) is 36.7. The third kappa shape index (κ3) is 14.8. The number of anilines is 2. The quantitative estimate of drug-likeness (QED) is 0.177. The molecule has 0 unspecified atom stereocenters. The first-order chi connectivity index (χ1) is 26.7. The molecule has 2 N–H and O–H groups in total. The van der Waals surface area contributed by atoms with Gasteiger partial charge in [0.15, 0.2) is 0 Å². The highest BCUT2D eigenvalue weighted by Gasteiger charge is 2.40. The second-order valence-electron chi connectivity index (χ2n) is 19.6. The molecule has 0 aromatic heterocycles. The number of hydrogen-bond donors (Lipinski definition) is 2. The van der Waals surface area contributed by atoms with Gasteiger partial charge in [-0.1, -0.05) is 24.3 Å². The standard InChI is InChI=1S/C45H66N4O9/c1-42(2,3)55-37(50)35(31-19-21-48(27-31)40(53)57-44(7,8)9)25-29-15-13-17-33(23-29)46-39(52)47-34-18-14-16-30(24-34)26-36(38(51)56-43(4,5)6)32-20-22-49(28-32)41(54)58-45(10,11)12/h13-18,23-24,31-32,35-36H,19-22,25-28H2,1-12H3,(H2,46,47,52)/t31-,32-,35-,36-/m1/s1. The number of rotatable bonds is 10. The Hall–Kier alpha value is -4.81. The van der Waals surface area contributed by atoms with Gasteiger partial charge in [0.2, 0.25) is 0 Å². The molecular formula is C45H66N4O9. The van der Waals surface area contributed by atoms with E-state index in [9.17, 15) is 24.0 Å². The third-order valence-corrected chi connectivity index (χ3v) is 9.59. The molecule has 2 fully saturated rings. The van der Waals surface area contributed by atoms with Gasteiger partial charge < -0.3 is 39.4 Å². The van der Waals surface area contributed by atoms with Crippen LogP contribution in [0, 0.1) is 23.7 Å². The lowest BCUT2D eigenvalue weighted by Crippen LogP contribution is -2.38. The fourth-order valence-corrected chi connectivity index (χ4v) is 7.21. The molecule has 2 saturated heterocycles. The zero-order valence-corrected chi connectivity index (χ0v) is 36.7. The summed E-state index contributed by atoms with van der Waals surface area (Å²) in [7, 11) is 0. The average molecular weight is 807 g/mol. The number of esters is 2. The Morgan fingerprint density at radius 2 is 0.914 bits per heavy atom. The number of benzene rings is 2. The normalized spacial score (nSPS) is 18.6. The fourth-order valence-electron chi connectivity index (χ4n) is 7.21. The van der Waals surface area contributed by atoms with E-state index in [0.717, 1.165) is 11.1 Å². The molecule has 0 aliphatic carbocycles. The van der Waals surface area contributed by atoms with E-state index in [1.54, 1.807) is 21.9 Å². The topological polar surface area (TPSA) is 153 Å². The van der Waals surface area contributed by atoms with Crippen LogP contribution in [0.2, 0.25) is 0 Å². The van der Waals surface area contributed by atoms with Crippen LogP contribution < -0.4 is 10.6 Å². The number of likely N-dealkylation sites (tertiary alicyclic amines) is 2. The number of amides is 4. The van der Waals surface area contributed by atoms with E-state index in [0.29, 0.717) is 63.2 Å². The van der Waals surface area contributed by atoms with Gasteiger partial charge in [0.25, 0.3) is 0 Å². The Labute approximate surface area is 344 Å². The van der Waals surface area contributed by atoms with Gasteiger partial charge in [-0.2, -0.15) is 0 Å². The molecule has 2 aliphatic rings. The first-order valence-corrected chi connectivity index (χ1v) is 20.4. The van der Waals surface area contributed by atoms with Gasteiger partial charge in [-0.3, -0.25) is 9.59 Å². The monoisotopic (exact) mass is 806 g/mol. The summed E-state index contributed by atoms with van der Waals surface area (Å²) in [4.78, 5) is 69.5. The number of hydrogen-bond acceptors (Lipinski definition) is 9. The second kappa shape index (κ2) is 18.4. The van der Waals surface area contributed by atoms with Gasteiger partial charge in [-0.25, -0.2) is 14.4 Å². The van der Waals surface area contributed by atoms with E-state index >= 15 is 0 Å². The lowest BCUT2D eigenvalue weighted by Gasteiger charge is -2.28. The number of urea groups is 1. The number of carbonyl (C=O) groups is 5. The summed E-state index contributed by atoms with van der Waals surface area (Å²) in [6.07, 6.45) is 1.18. The molecule has 4 rings (SSSR count). The van der Waals surface area contributed by atoms with Crippen LogP contribution in [0.25, 0.3) is 0 Å². The summed E-state index contributed by atoms with van der Waals surface area (Å²) in [5.41, 5.74) is 0.108. The van der Waals surface area contributed by atoms with Crippen LogP contribution in [0.1, 0.15) is 107 Å². The number of ether oxygens (including phenoxy) is 4. The lowest BCUT2D eigenvalue weighted by atomic mass is 9.86. The van der Waals surface area contributed by atoms with E-state index in [4.69, 9.17) is 18.9 Å². The summed E-state index contributed by atoms with van der Waals surface area (Å²) in [6, 6.07) is 14.2. The van der Waals surface area contributed by atoms with Crippen LogP contribution >= 0.6 is 0 Å². The predicted molar refractivity (Wildman–Crippen MR) is 223 cm³/mol. The molecule has 13 heteroatoms. The second-order valence-corrected chi connectivity index (χ2v) is 19.6. The highest BCUT2D eigenvalue weighted by molar-refractivity contribution is 5.99. The zero-order chi connectivity index (χ0) is 43.2. The Bertz CT molecular complexity index is 1660. The maximum absolute atomic E-state index is 13.6. The van der Waals surface area contributed by atoms with Crippen molar-refractivity contribution in [1.82, 2.24) is 9.80 Å². The van der Waals surface area contributed by atoms with Crippen molar-refractivity contribution in [2.75, 3.05) is 36.8 Å². The van der Waals surface area contributed by atoms with Gasteiger partial charge in [0.1, 0.15) is 22.4 Å². The molecule has 0 bridgehead atoms. The van der Waals surface area contributed by atoms with Crippen molar-refractivity contribution in [2.24, 2.45) is 23.7 Å². The first kappa shape index (κ1) is 45.9. The molecule has 2 aromatic carbocycles. The van der Waals surface area contributed by atoms with Crippen LogP contribution in [0.3, 0.4) is 0 Å². The predicted octanol–water partition coefficient (Wildman–Crippen LogP) is 8.85. The maximum atomic E-state index is 13.6. The molecule has 2 heterocycles. The van der Waals surface area contributed by atoms with Crippen molar-refractivity contribution in [3.05, 3.63) is 59.7 Å². The highest BCUT2D eigenvalue weighted by atomic mass is 16.6. The maximum Gasteiger partial charge on any atom is 0.410 e. The minimum Gasteiger partial charge on any atom is -0.460 e. The SMILES string of the molecule is CC(C)(C)OC(=O)[C@H](Cc1cccc(NC(=O)Nc2cccc(C[C@@H](C(=O)OC(C)(C)C)[C@@H]3CCN(C(=O)OC(C)(C)C)C3)c2)c1)[C@@H]1CCN(C(=O)OC(C)(C)C)C1. The van der Waals surface area contributed by atoms with Crippen molar-refractivity contribution in [3.63, 3.8) is 0 Å². The summed E-state index contributed by atoms with van der Waals surface area (Å²) in [5, 5.41) is 5.81. The van der Waals surface area contributed by atoms with E-state index in [2.05, 4.69) is 10.6 Å². The Morgan fingerprint density at radius 3 is 1.24 bits per heavy atom. The molecule has 4 amide bonds. The molecule has 4 atom stereocenters. The first-order valence-electron chi connectivity index (χ1n) is 20.4. The molecule has 0 spiro atoms. The van der Waals surface area contributed by atoms with Crippen molar-refractivity contribution >= 4 is 41.5 Å². The van der Waals surface area contributed by atoms with E-state index < -0.39 is 52.5 Å². The molecule has 58 heavy (non-hydrogen) atoms. The summed E-state index contributed by atoms with van der Waals surface area (Å²) < 4.78 is 22.9. The summed E-state index contributed by atoms with van der Waals surface area (Å²) in [5.74, 6) is -1.98. The van der Waals surface area contributed by atoms with Crippen molar-refractivity contribution in [2.45, 2.75) is 131 Å².